The molecule has 0 bridgehead atoms. The van der Waals surface area contributed by atoms with Crippen LogP contribution in [0.4, 0.5) is 11.4 Å². The van der Waals surface area contributed by atoms with Crippen LogP contribution in [0, 0.1) is 17.0 Å². The van der Waals surface area contributed by atoms with Crippen LogP contribution in [-0.2, 0) is 0 Å². The zero-order chi connectivity index (χ0) is 15.3. The lowest BCUT2D eigenvalue weighted by Crippen LogP contribution is -2.35. The highest BCUT2D eigenvalue weighted by molar-refractivity contribution is 5.68. The normalized spacial score (nSPS) is 12.4. The molecule has 1 unspecified atom stereocenters. The molecule has 0 aliphatic carbocycles. The molecule has 4 N–H and O–H groups in total. The first-order valence-corrected chi connectivity index (χ1v) is 6.40. The van der Waals surface area contributed by atoms with Gasteiger partial charge in [-0.25, -0.2) is 0 Å². The van der Waals surface area contributed by atoms with Crippen LogP contribution in [0.15, 0.2) is 12.1 Å². The number of hydrogen-bond acceptors (Lipinski definition) is 6. The fourth-order valence-electron chi connectivity index (χ4n) is 1.63. The Labute approximate surface area is 117 Å². The number of nitrogens with two attached hydrogens (primary N) is 1. The summed E-state index contributed by atoms with van der Waals surface area (Å²) in [5.74, 6) is 0.222. The predicted molar refractivity (Wildman–Crippen MR) is 76.9 cm³/mol. The monoisotopic (exact) mass is 283 g/mol. The van der Waals surface area contributed by atoms with Gasteiger partial charge in [0.25, 0.3) is 5.69 Å². The highest BCUT2D eigenvalue weighted by Gasteiger charge is 2.18. The van der Waals surface area contributed by atoms with Crippen LogP contribution in [0.3, 0.4) is 0 Å². The average molecular weight is 283 g/mol. The molecule has 0 aliphatic rings. The van der Waals surface area contributed by atoms with E-state index in [4.69, 9.17) is 10.5 Å². The van der Waals surface area contributed by atoms with E-state index in [1.165, 1.54) is 6.07 Å². The molecule has 0 radical (unpaired) electrons. The van der Waals surface area contributed by atoms with Gasteiger partial charge in [0.1, 0.15) is 18.5 Å². The minimum absolute atomic E-state index is 0.0184. The zero-order valence-electron chi connectivity index (χ0n) is 11.9. The predicted octanol–water partition coefficient (Wildman–Crippen LogP) is 1.22. The van der Waals surface area contributed by atoms with Crippen LogP contribution in [0.25, 0.3) is 0 Å². The van der Waals surface area contributed by atoms with E-state index in [9.17, 15) is 15.2 Å². The lowest BCUT2D eigenvalue weighted by Gasteiger charge is -2.16. The van der Waals surface area contributed by atoms with Crippen LogP contribution in [0.2, 0.25) is 0 Å². The smallest absolute Gasteiger partial charge is 0.296 e. The largest absolute Gasteiger partial charge is 0.488 e. The number of nitrogens with one attached hydrogen (secondary N) is 1. The third-order valence-corrected chi connectivity index (χ3v) is 2.65. The maximum atomic E-state index is 10.9. The zero-order valence-corrected chi connectivity index (χ0v) is 11.9. The lowest BCUT2D eigenvalue weighted by molar-refractivity contribution is -0.384. The SMILES string of the molecule is Cc1cc(OCC(O)CNC(C)C)c(N)c([N+](=O)[O-])c1. The number of aliphatic hydroxyl groups excluding tert-OH is 1. The van der Waals surface area contributed by atoms with Crippen molar-refractivity contribution in [3.8, 4) is 5.75 Å². The first kappa shape index (κ1) is 16.2. The van der Waals surface area contributed by atoms with Crippen molar-refractivity contribution in [3.05, 3.63) is 27.8 Å². The minimum atomic E-state index is -0.712. The number of benzene rings is 1. The summed E-state index contributed by atoms with van der Waals surface area (Å²) in [6.07, 6.45) is -0.712. The minimum Gasteiger partial charge on any atom is -0.488 e. The van der Waals surface area contributed by atoms with Gasteiger partial charge in [-0.3, -0.25) is 10.1 Å². The van der Waals surface area contributed by atoms with Crippen LogP contribution in [0.1, 0.15) is 19.4 Å². The Balaban J connectivity index is 2.70. The second kappa shape index (κ2) is 7.06. The van der Waals surface area contributed by atoms with Gasteiger partial charge in [-0.15, -0.1) is 0 Å². The van der Waals surface area contributed by atoms with Crippen molar-refractivity contribution < 1.29 is 14.8 Å². The van der Waals surface area contributed by atoms with Crippen molar-refractivity contribution in [3.63, 3.8) is 0 Å². The fourth-order valence-corrected chi connectivity index (χ4v) is 1.63. The van der Waals surface area contributed by atoms with Crippen molar-refractivity contribution >= 4 is 11.4 Å². The molecule has 0 spiro atoms. The number of ether oxygens (including phenoxy) is 1. The maximum Gasteiger partial charge on any atom is 0.296 e. The van der Waals surface area contributed by atoms with E-state index in [1.54, 1.807) is 13.0 Å². The molecule has 112 valence electrons. The summed E-state index contributed by atoms with van der Waals surface area (Å²) in [6.45, 7) is 6.05. The molecule has 0 aliphatic heterocycles. The van der Waals surface area contributed by atoms with Crippen LogP contribution in [0.5, 0.6) is 5.75 Å². The Morgan fingerprint density at radius 1 is 1.50 bits per heavy atom. The molecule has 7 nitrogen and oxygen atoms in total. The summed E-state index contributed by atoms with van der Waals surface area (Å²) in [4.78, 5) is 10.3. The van der Waals surface area contributed by atoms with Gasteiger partial charge in [-0.2, -0.15) is 0 Å². The van der Waals surface area contributed by atoms with E-state index in [1.807, 2.05) is 13.8 Å². The number of nitro benzene ring substituents is 1. The first-order chi connectivity index (χ1) is 9.31. The Morgan fingerprint density at radius 2 is 2.15 bits per heavy atom. The number of anilines is 1. The summed E-state index contributed by atoms with van der Waals surface area (Å²) in [5, 5.41) is 23.7. The Bertz CT molecular complexity index is 477. The van der Waals surface area contributed by atoms with Gasteiger partial charge in [0.05, 0.1) is 4.92 Å². The topological polar surface area (TPSA) is 111 Å². The van der Waals surface area contributed by atoms with E-state index >= 15 is 0 Å². The van der Waals surface area contributed by atoms with E-state index in [0.717, 1.165) is 0 Å². The summed E-state index contributed by atoms with van der Waals surface area (Å²) < 4.78 is 5.38. The highest BCUT2D eigenvalue weighted by Crippen LogP contribution is 2.32. The maximum absolute atomic E-state index is 10.9. The summed E-state index contributed by atoms with van der Waals surface area (Å²) >= 11 is 0. The van der Waals surface area contributed by atoms with Gasteiger partial charge >= 0.3 is 0 Å². The summed E-state index contributed by atoms with van der Waals surface area (Å²) in [5.41, 5.74) is 6.17. The summed E-state index contributed by atoms with van der Waals surface area (Å²) in [6, 6.07) is 3.26. The van der Waals surface area contributed by atoms with E-state index in [0.29, 0.717) is 12.1 Å². The average Bonchev–Trinajstić information content (AvgIpc) is 2.36. The van der Waals surface area contributed by atoms with Crippen molar-refractivity contribution in [1.29, 1.82) is 0 Å². The van der Waals surface area contributed by atoms with Crippen LogP contribution < -0.4 is 15.8 Å². The molecule has 0 aromatic heterocycles. The molecular formula is C13H21N3O4. The molecule has 1 rings (SSSR count). The van der Waals surface area contributed by atoms with Gasteiger partial charge in [0.2, 0.25) is 0 Å². The number of rotatable bonds is 7. The third kappa shape index (κ3) is 4.67. The molecule has 1 atom stereocenters. The number of nitrogen functional groups attached to an aromatic ring is 1. The molecule has 0 saturated heterocycles. The van der Waals surface area contributed by atoms with Gasteiger partial charge in [-0.1, -0.05) is 13.8 Å². The third-order valence-electron chi connectivity index (χ3n) is 2.65. The van der Waals surface area contributed by atoms with Gasteiger partial charge < -0.3 is 20.9 Å². The van der Waals surface area contributed by atoms with Gasteiger partial charge in [0.15, 0.2) is 5.69 Å². The summed E-state index contributed by atoms with van der Waals surface area (Å²) in [7, 11) is 0. The number of nitro groups is 1. The number of nitrogens with zero attached hydrogens (tertiary/aromatic N) is 1. The van der Waals surface area contributed by atoms with Crippen molar-refractivity contribution in [2.75, 3.05) is 18.9 Å². The van der Waals surface area contributed by atoms with Crippen molar-refractivity contribution in [2.24, 2.45) is 0 Å². The molecule has 1 aromatic carbocycles. The Morgan fingerprint density at radius 3 is 2.70 bits per heavy atom. The number of aryl methyl sites for hydroxylation is 1. The van der Waals surface area contributed by atoms with Crippen molar-refractivity contribution in [2.45, 2.75) is 32.9 Å². The highest BCUT2D eigenvalue weighted by atomic mass is 16.6. The quantitative estimate of drug-likeness (QED) is 0.394. The molecule has 0 saturated carbocycles. The second-order valence-electron chi connectivity index (χ2n) is 4.98. The van der Waals surface area contributed by atoms with Crippen LogP contribution >= 0.6 is 0 Å². The molecule has 7 heteroatoms. The van der Waals surface area contributed by atoms with Crippen molar-refractivity contribution in [1.82, 2.24) is 5.32 Å². The fraction of sp³-hybridized carbons (Fsp3) is 0.538. The lowest BCUT2D eigenvalue weighted by atomic mass is 10.2. The Kier molecular flexibility index (Phi) is 5.72. The molecule has 1 aromatic rings. The number of aliphatic hydroxyl groups is 1. The second-order valence-corrected chi connectivity index (χ2v) is 4.98. The van der Waals surface area contributed by atoms with E-state index in [-0.39, 0.29) is 29.8 Å². The molecule has 0 heterocycles. The Hall–Kier alpha value is -1.86. The van der Waals surface area contributed by atoms with Crippen LogP contribution in [-0.4, -0.2) is 35.3 Å². The van der Waals surface area contributed by atoms with E-state index in [2.05, 4.69) is 5.32 Å². The van der Waals surface area contributed by atoms with Gasteiger partial charge in [-0.05, 0) is 18.6 Å². The molecule has 0 amide bonds. The first-order valence-electron chi connectivity index (χ1n) is 6.40. The molecule has 20 heavy (non-hydrogen) atoms. The molecule has 0 fully saturated rings. The van der Waals surface area contributed by atoms with Gasteiger partial charge in [0, 0.05) is 18.7 Å². The molecular weight excluding hydrogens is 262 g/mol. The standard InChI is InChI=1S/C13H21N3O4/c1-8(2)15-6-10(17)7-20-12-5-9(3)4-11(13(12)14)16(18)19/h4-5,8,10,15,17H,6-7,14H2,1-3H3. The number of hydrogen-bond donors (Lipinski definition) is 3. The van der Waals surface area contributed by atoms with E-state index < -0.39 is 11.0 Å².